The number of ether oxygens (including phenoxy) is 1. The van der Waals surface area contributed by atoms with E-state index in [0.717, 1.165) is 39.3 Å². The molecule has 2 heterocycles. The molecule has 0 amide bonds. The van der Waals surface area contributed by atoms with Gasteiger partial charge in [0, 0.05) is 19.1 Å². The van der Waals surface area contributed by atoms with E-state index in [0.29, 0.717) is 11.8 Å². The fourth-order valence-electron chi connectivity index (χ4n) is 3.39. The largest absolute Gasteiger partial charge is 0.380 e. The summed E-state index contributed by atoms with van der Waals surface area (Å²) >= 11 is 0. The Hall–Kier alpha value is -1.13. The van der Waals surface area contributed by atoms with Gasteiger partial charge >= 0.3 is 0 Å². The molecule has 0 spiro atoms. The van der Waals surface area contributed by atoms with Gasteiger partial charge < -0.3 is 14.6 Å². The maximum atomic E-state index is 5.58. The normalized spacial score (nSPS) is 22.5. The van der Waals surface area contributed by atoms with Gasteiger partial charge in [-0.05, 0) is 45.2 Å². The van der Waals surface area contributed by atoms with Crippen LogP contribution in [0.4, 0.5) is 0 Å². The SMILES string of the molecule is CCOCCn1c(C2CCNCC2)nc2c1=CC(C)CC=2. The van der Waals surface area contributed by atoms with E-state index in [1.54, 1.807) is 0 Å². The quantitative estimate of drug-likeness (QED) is 0.822. The zero-order valence-electron chi connectivity index (χ0n) is 13.3. The highest BCUT2D eigenvalue weighted by molar-refractivity contribution is 5.37. The third-order valence-electron chi connectivity index (χ3n) is 4.56. The summed E-state index contributed by atoms with van der Waals surface area (Å²) in [7, 11) is 0. The van der Waals surface area contributed by atoms with Crippen LogP contribution in [0.25, 0.3) is 12.2 Å². The minimum atomic E-state index is 0.593. The van der Waals surface area contributed by atoms with Crippen molar-refractivity contribution in [1.82, 2.24) is 14.9 Å². The van der Waals surface area contributed by atoms with Crippen LogP contribution in [0.1, 0.15) is 44.9 Å². The number of nitrogens with zero attached hydrogens (tertiary/aromatic N) is 2. The molecule has 1 unspecified atom stereocenters. The lowest BCUT2D eigenvalue weighted by Crippen LogP contribution is -2.35. The first-order valence-corrected chi connectivity index (χ1v) is 8.36. The van der Waals surface area contributed by atoms with Gasteiger partial charge in [0.15, 0.2) is 0 Å². The molecule has 2 aliphatic rings. The first-order chi connectivity index (χ1) is 10.3. The van der Waals surface area contributed by atoms with Gasteiger partial charge in [-0.1, -0.05) is 19.1 Å². The lowest BCUT2D eigenvalue weighted by atomic mass is 9.97. The number of aromatic nitrogens is 2. The van der Waals surface area contributed by atoms with Crippen molar-refractivity contribution in [3.63, 3.8) is 0 Å². The summed E-state index contributed by atoms with van der Waals surface area (Å²) in [5.74, 6) is 2.49. The van der Waals surface area contributed by atoms with E-state index in [1.165, 1.54) is 29.4 Å². The van der Waals surface area contributed by atoms with Crippen molar-refractivity contribution < 1.29 is 4.74 Å². The van der Waals surface area contributed by atoms with E-state index < -0.39 is 0 Å². The Kier molecular flexibility index (Phi) is 4.76. The molecule has 1 aromatic rings. The predicted octanol–water partition coefficient (Wildman–Crippen LogP) is 0.987. The van der Waals surface area contributed by atoms with Gasteiger partial charge in [0.1, 0.15) is 5.82 Å². The molecule has 4 nitrogen and oxygen atoms in total. The molecule has 1 aliphatic heterocycles. The van der Waals surface area contributed by atoms with Gasteiger partial charge in [-0.3, -0.25) is 0 Å². The summed E-state index contributed by atoms with van der Waals surface area (Å²) in [6.45, 7) is 9.04. The van der Waals surface area contributed by atoms with Crippen LogP contribution in [0.2, 0.25) is 0 Å². The Morgan fingerprint density at radius 3 is 2.95 bits per heavy atom. The molecule has 1 fully saturated rings. The molecule has 1 aliphatic carbocycles. The summed E-state index contributed by atoms with van der Waals surface area (Å²) < 4.78 is 8.01. The van der Waals surface area contributed by atoms with Crippen LogP contribution < -0.4 is 16.0 Å². The molecule has 0 bridgehead atoms. The zero-order valence-corrected chi connectivity index (χ0v) is 13.3. The number of imidazole rings is 1. The van der Waals surface area contributed by atoms with E-state index in [2.05, 4.69) is 35.9 Å². The van der Waals surface area contributed by atoms with Crippen molar-refractivity contribution in [1.29, 1.82) is 0 Å². The summed E-state index contributed by atoms with van der Waals surface area (Å²) in [5.41, 5.74) is 0. The average Bonchev–Trinajstić information content (AvgIpc) is 2.87. The molecule has 1 atom stereocenters. The number of nitrogens with one attached hydrogen (secondary N) is 1. The van der Waals surface area contributed by atoms with Gasteiger partial charge in [-0.2, -0.15) is 0 Å². The Labute approximate surface area is 126 Å². The first kappa shape index (κ1) is 14.8. The number of hydrogen-bond acceptors (Lipinski definition) is 3. The Bertz CT molecular complexity index is 584. The monoisotopic (exact) mass is 289 g/mol. The third-order valence-corrected chi connectivity index (χ3v) is 4.56. The fraction of sp³-hybridized carbons (Fsp3) is 0.706. The number of fused-ring (bicyclic) bond motifs is 1. The lowest BCUT2D eigenvalue weighted by Gasteiger charge is -2.23. The molecule has 116 valence electrons. The standard InChI is InChI=1S/C17H27N3O/c1-3-21-11-10-20-16-12-13(2)4-5-15(16)19-17(20)14-6-8-18-9-7-14/h5,12-14,18H,3-4,6-11H2,1-2H3. The van der Waals surface area contributed by atoms with Gasteiger partial charge in [-0.25, -0.2) is 4.98 Å². The van der Waals surface area contributed by atoms with E-state index in [1.807, 2.05) is 0 Å². The molecule has 0 radical (unpaired) electrons. The molecular formula is C17H27N3O. The molecule has 0 aromatic carbocycles. The van der Waals surface area contributed by atoms with E-state index in [9.17, 15) is 0 Å². The fourth-order valence-corrected chi connectivity index (χ4v) is 3.39. The van der Waals surface area contributed by atoms with Crippen LogP contribution in [0, 0.1) is 5.92 Å². The highest BCUT2D eigenvalue weighted by Crippen LogP contribution is 2.22. The summed E-state index contributed by atoms with van der Waals surface area (Å²) in [6, 6.07) is 0. The first-order valence-electron chi connectivity index (χ1n) is 8.36. The topological polar surface area (TPSA) is 39.1 Å². The number of rotatable bonds is 5. The maximum absolute atomic E-state index is 5.58. The van der Waals surface area contributed by atoms with Gasteiger partial charge in [-0.15, -0.1) is 0 Å². The van der Waals surface area contributed by atoms with Gasteiger partial charge in [0.25, 0.3) is 0 Å². The summed E-state index contributed by atoms with van der Waals surface area (Å²) in [4.78, 5) is 4.98. The second-order valence-corrected chi connectivity index (χ2v) is 6.20. The van der Waals surface area contributed by atoms with Crippen molar-refractivity contribution in [3.05, 3.63) is 16.5 Å². The van der Waals surface area contributed by atoms with Gasteiger partial charge in [0.2, 0.25) is 0 Å². The molecule has 1 saturated heterocycles. The van der Waals surface area contributed by atoms with Crippen molar-refractivity contribution in [2.75, 3.05) is 26.3 Å². The highest BCUT2D eigenvalue weighted by atomic mass is 16.5. The van der Waals surface area contributed by atoms with Crippen LogP contribution in [0.5, 0.6) is 0 Å². The number of piperidine rings is 1. The minimum Gasteiger partial charge on any atom is -0.380 e. The van der Waals surface area contributed by atoms with Crippen LogP contribution >= 0.6 is 0 Å². The van der Waals surface area contributed by atoms with Crippen LogP contribution in [-0.2, 0) is 11.3 Å². The smallest absolute Gasteiger partial charge is 0.113 e. The highest BCUT2D eigenvalue weighted by Gasteiger charge is 2.22. The molecule has 0 saturated carbocycles. The number of hydrogen-bond donors (Lipinski definition) is 1. The molecule has 4 heteroatoms. The maximum Gasteiger partial charge on any atom is 0.113 e. The summed E-state index contributed by atoms with van der Waals surface area (Å²) in [6.07, 6.45) is 8.20. The van der Waals surface area contributed by atoms with E-state index in [4.69, 9.17) is 9.72 Å². The van der Waals surface area contributed by atoms with Crippen LogP contribution in [0.3, 0.4) is 0 Å². The van der Waals surface area contributed by atoms with Crippen molar-refractivity contribution >= 4 is 12.2 Å². The van der Waals surface area contributed by atoms with Crippen LogP contribution in [0.15, 0.2) is 0 Å². The molecule has 1 N–H and O–H groups in total. The molecule has 1 aromatic heterocycles. The van der Waals surface area contributed by atoms with Crippen LogP contribution in [-0.4, -0.2) is 35.9 Å². The van der Waals surface area contributed by atoms with E-state index >= 15 is 0 Å². The Morgan fingerprint density at radius 2 is 2.19 bits per heavy atom. The zero-order chi connectivity index (χ0) is 14.7. The third kappa shape index (κ3) is 3.22. The molecule has 21 heavy (non-hydrogen) atoms. The Balaban J connectivity index is 1.96. The predicted molar refractivity (Wildman–Crippen MR) is 85.5 cm³/mol. The van der Waals surface area contributed by atoms with Crippen molar-refractivity contribution in [2.45, 2.75) is 45.6 Å². The van der Waals surface area contributed by atoms with Crippen molar-refractivity contribution in [3.8, 4) is 0 Å². The van der Waals surface area contributed by atoms with Crippen molar-refractivity contribution in [2.24, 2.45) is 5.92 Å². The summed E-state index contributed by atoms with van der Waals surface area (Å²) in [5, 5.41) is 5.96. The second kappa shape index (κ2) is 6.75. The lowest BCUT2D eigenvalue weighted by molar-refractivity contribution is 0.137. The molecule has 3 rings (SSSR count). The van der Waals surface area contributed by atoms with E-state index in [-0.39, 0.29) is 0 Å². The average molecular weight is 289 g/mol. The second-order valence-electron chi connectivity index (χ2n) is 6.20. The minimum absolute atomic E-state index is 0.593. The van der Waals surface area contributed by atoms with Gasteiger partial charge in [0.05, 0.1) is 17.3 Å². The Morgan fingerprint density at radius 1 is 1.38 bits per heavy atom. The molecular weight excluding hydrogens is 262 g/mol.